The van der Waals surface area contributed by atoms with Gasteiger partial charge < -0.3 is 9.88 Å². The molecule has 0 unspecified atom stereocenters. The molecule has 0 saturated carbocycles. The molecule has 0 atom stereocenters. The highest BCUT2D eigenvalue weighted by Crippen LogP contribution is 2.02. The lowest BCUT2D eigenvalue weighted by Gasteiger charge is -2.05. The normalized spacial score (nSPS) is 10.2. The van der Waals surface area contributed by atoms with Crippen LogP contribution in [-0.4, -0.2) is 27.8 Å². The molecule has 2 aromatic rings. The molecule has 1 amide bonds. The van der Waals surface area contributed by atoms with Gasteiger partial charge in [-0.2, -0.15) is 0 Å². The zero-order valence-electron chi connectivity index (χ0n) is 11.2. The summed E-state index contributed by atoms with van der Waals surface area (Å²) in [6.45, 7) is 1.35. The molecular formula is C15H17N3O2. The van der Waals surface area contributed by atoms with Crippen LogP contribution in [0.15, 0.2) is 49.1 Å². The van der Waals surface area contributed by atoms with Crippen molar-refractivity contribution in [1.29, 1.82) is 0 Å². The summed E-state index contributed by atoms with van der Waals surface area (Å²) in [6, 6.07) is 8.85. The molecule has 0 aliphatic carbocycles. The zero-order chi connectivity index (χ0) is 14.2. The monoisotopic (exact) mass is 271 g/mol. The van der Waals surface area contributed by atoms with Gasteiger partial charge in [0.25, 0.3) is 0 Å². The number of ketones is 1. The number of carbonyl (C=O) groups is 2. The molecule has 0 aliphatic heterocycles. The van der Waals surface area contributed by atoms with Gasteiger partial charge in [-0.1, -0.05) is 30.3 Å². The van der Waals surface area contributed by atoms with E-state index < -0.39 is 0 Å². The van der Waals surface area contributed by atoms with Gasteiger partial charge in [0.15, 0.2) is 5.78 Å². The SMILES string of the molecule is O=C(CC(=O)c1ccccc1)NCCCn1ccnc1. The van der Waals surface area contributed by atoms with E-state index in [0.29, 0.717) is 12.1 Å². The first-order chi connectivity index (χ1) is 9.75. The van der Waals surface area contributed by atoms with E-state index in [1.54, 1.807) is 36.8 Å². The predicted octanol–water partition coefficient (Wildman–Crippen LogP) is 1.66. The molecule has 5 nitrogen and oxygen atoms in total. The molecule has 2 rings (SSSR count). The first kappa shape index (κ1) is 14.0. The molecule has 1 N–H and O–H groups in total. The number of aryl methyl sites for hydroxylation is 1. The summed E-state index contributed by atoms with van der Waals surface area (Å²) in [4.78, 5) is 27.4. The van der Waals surface area contributed by atoms with Crippen molar-refractivity contribution in [3.63, 3.8) is 0 Å². The van der Waals surface area contributed by atoms with Crippen molar-refractivity contribution in [2.75, 3.05) is 6.54 Å². The average molecular weight is 271 g/mol. The lowest BCUT2D eigenvalue weighted by Crippen LogP contribution is -2.27. The summed E-state index contributed by atoms with van der Waals surface area (Å²) in [5, 5.41) is 2.75. The van der Waals surface area contributed by atoms with Crippen LogP contribution in [0.2, 0.25) is 0 Å². The van der Waals surface area contributed by atoms with Crippen molar-refractivity contribution < 1.29 is 9.59 Å². The van der Waals surface area contributed by atoms with E-state index in [9.17, 15) is 9.59 Å². The van der Waals surface area contributed by atoms with Gasteiger partial charge in [-0.05, 0) is 6.42 Å². The Morgan fingerprint density at radius 3 is 2.70 bits per heavy atom. The Labute approximate surface area is 117 Å². The van der Waals surface area contributed by atoms with Crippen LogP contribution in [0.4, 0.5) is 0 Å². The van der Waals surface area contributed by atoms with Crippen molar-refractivity contribution in [2.45, 2.75) is 19.4 Å². The van der Waals surface area contributed by atoms with Crippen LogP contribution in [0.1, 0.15) is 23.2 Å². The third-order valence-electron chi connectivity index (χ3n) is 2.89. The maximum Gasteiger partial charge on any atom is 0.227 e. The number of hydrogen-bond acceptors (Lipinski definition) is 3. The minimum atomic E-state index is -0.232. The number of rotatable bonds is 7. The van der Waals surface area contributed by atoms with Gasteiger partial charge in [0, 0.05) is 31.0 Å². The predicted molar refractivity (Wildman–Crippen MR) is 75.2 cm³/mol. The molecule has 0 aliphatic rings. The number of carbonyl (C=O) groups excluding carboxylic acids is 2. The Balaban J connectivity index is 1.66. The highest BCUT2D eigenvalue weighted by atomic mass is 16.2. The van der Waals surface area contributed by atoms with Gasteiger partial charge in [-0.25, -0.2) is 4.98 Å². The van der Waals surface area contributed by atoms with Crippen LogP contribution in [-0.2, 0) is 11.3 Å². The summed E-state index contributed by atoms with van der Waals surface area (Å²) in [7, 11) is 0. The summed E-state index contributed by atoms with van der Waals surface area (Å²) in [5.74, 6) is -0.387. The highest BCUT2D eigenvalue weighted by Gasteiger charge is 2.10. The topological polar surface area (TPSA) is 64.0 Å². The van der Waals surface area contributed by atoms with E-state index in [1.807, 2.05) is 16.8 Å². The van der Waals surface area contributed by atoms with Crippen molar-refractivity contribution in [3.8, 4) is 0 Å². The fraction of sp³-hybridized carbons (Fsp3) is 0.267. The van der Waals surface area contributed by atoms with Crippen LogP contribution in [0, 0.1) is 0 Å². The van der Waals surface area contributed by atoms with Crippen LogP contribution in [0.25, 0.3) is 0 Å². The van der Waals surface area contributed by atoms with E-state index in [4.69, 9.17) is 0 Å². The first-order valence-corrected chi connectivity index (χ1v) is 6.56. The number of imidazole rings is 1. The van der Waals surface area contributed by atoms with Crippen LogP contribution < -0.4 is 5.32 Å². The second kappa shape index (κ2) is 7.23. The third kappa shape index (κ3) is 4.35. The number of aromatic nitrogens is 2. The van der Waals surface area contributed by atoms with Gasteiger partial charge in [0.2, 0.25) is 5.91 Å². The minimum absolute atomic E-state index is 0.102. The van der Waals surface area contributed by atoms with E-state index in [-0.39, 0.29) is 18.1 Å². The Morgan fingerprint density at radius 2 is 2.00 bits per heavy atom. The molecule has 1 aromatic heterocycles. The third-order valence-corrected chi connectivity index (χ3v) is 2.89. The molecule has 0 fully saturated rings. The van der Waals surface area contributed by atoms with Gasteiger partial charge in [0.1, 0.15) is 0 Å². The van der Waals surface area contributed by atoms with E-state index >= 15 is 0 Å². The van der Waals surface area contributed by atoms with Crippen molar-refractivity contribution in [2.24, 2.45) is 0 Å². The molecule has 0 radical (unpaired) electrons. The van der Waals surface area contributed by atoms with Crippen molar-refractivity contribution in [1.82, 2.24) is 14.9 Å². The maximum atomic E-state index is 11.8. The molecule has 0 saturated heterocycles. The number of hydrogen-bond donors (Lipinski definition) is 1. The number of amides is 1. The molecule has 5 heteroatoms. The quantitative estimate of drug-likeness (QED) is 0.473. The van der Waals surface area contributed by atoms with Gasteiger partial charge in [-0.15, -0.1) is 0 Å². The Kier molecular flexibility index (Phi) is 5.06. The Hall–Kier alpha value is -2.43. The van der Waals surface area contributed by atoms with Crippen LogP contribution in [0.5, 0.6) is 0 Å². The summed E-state index contributed by atoms with van der Waals surface area (Å²) in [6.07, 6.45) is 6.04. The van der Waals surface area contributed by atoms with Gasteiger partial charge >= 0.3 is 0 Å². The second-order valence-corrected chi connectivity index (χ2v) is 4.47. The number of nitrogens with one attached hydrogen (secondary N) is 1. The van der Waals surface area contributed by atoms with Crippen LogP contribution >= 0.6 is 0 Å². The summed E-state index contributed by atoms with van der Waals surface area (Å²) >= 11 is 0. The lowest BCUT2D eigenvalue weighted by molar-refractivity contribution is -0.120. The van der Waals surface area contributed by atoms with Gasteiger partial charge in [-0.3, -0.25) is 9.59 Å². The van der Waals surface area contributed by atoms with E-state index in [2.05, 4.69) is 10.3 Å². The molecule has 0 spiro atoms. The summed E-state index contributed by atoms with van der Waals surface area (Å²) < 4.78 is 1.95. The first-order valence-electron chi connectivity index (χ1n) is 6.56. The van der Waals surface area contributed by atoms with Crippen molar-refractivity contribution in [3.05, 3.63) is 54.6 Å². The number of nitrogens with zero attached hydrogens (tertiary/aromatic N) is 2. The molecule has 1 aromatic carbocycles. The van der Waals surface area contributed by atoms with Gasteiger partial charge in [0.05, 0.1) is 12.7 Å². The minimum Gasteiger partial charge on any atom is -0.356 e. The second-order valence-electron chi connectivity index (χ2n) is 4.47. The average Bonchev–Trinajstić information content (AvgIpc) is 2.98. The standard InChI is InChI=1S/C15H17N3O2/c19-14(13-5-2-1-3-6-13)11-15(20)17-7-4-9-18-10-8-16-12-18/h1-3,5-6,8,10,12H,4,7,9,11H2,(H,17,20). The zero-order valence-corrected chi connectivity index (χ0v) is 11.2. The molecule has 0 bridgehead atoms. The number of Topliss-reactive ketones (excluding diaryl/α,β-unsaturated/α-hetero) is 1. The maximum absolute atomic E-state index is 11.8. The Bertz CT molecular complexity index is 550. The molecule has 1 heterocycles. The fourth-order valence-electron chi connectivity index (χ4n) is 1.84. The fourth-order valence-corrected chi connectivity index (χ4v) is 1.84. The van der Waals surface area contributed by atoms with Crippen LogP contribution in [0.3, 0.4) is 0 Å². The Morgan fingerprint density at radius 1 is 1.20 bits per heavy atom. The molecule has 20 heavy (non-hydrogen) atoms. The van der Waals surface area contributed by atoms with E-state index in [1.165, 1.54) is 0 Å². The van der Waals surface area contributed by atoms with Crippen molar-refractivity contribution >= 4 is 11.7 Å². The largest absolute Gasteiger partial charge is 0.356 e. The highest BCUT2D eigenvalue weighted by molar-refractivity contribution is 6.07. The smallest absolute Gasteiger partial charge is 0.227 e. The molecule has 104 valence electrons. The summed E-state index contributed by atoms with van der Waals surface area (Å²) in [5.41, 5.74) is 0.570. The number of benzene rings is 1. The molecular weight excluding hydrogens is 254 g/mol. The lowest BCUT2D eigenvalue weighted by atomic mass is 10.1. The van der Waals surface area contributed by atoms with E-state index in [0.717, 1.165) is 13.0 Å².